The molecule has 3 rings (SSSR count). The maximum atomic E-state index is 12.6. The molecule has 0 aliphatic carbocycles. The van der Waals surface area contributed by atoms with E-state index in [1.54, 1.807) is 36.5 Å². The molecule has 1 saturated heterocycles. The predicted molar refractivity (Wildman–Crippen MR) is 97.1 cm³/mol. The summed E-state index contributed by atoms with van der Waals surface area (Å²) in [6.45, 7) is 4.56. The fourth-order valence-corrected chi connectivity index (χ4v) is 2.93. The van der Waals surface area contributed by atoms with E-state index in [1.807, 2.05) is 11.8 Å². The van der Waals surface area contributed by atoms with Crippen LogP contribution < -0.4 is 10.1 Å². The van der Waals surface area contributed by atoms with Gasteiger partial charge < -0.3 is 15.0 Å². The van der Waals surface area contributed by atoms with Crippen molar-refractivity contribution in [1.29, 1.82) is 0 Å². The third kappa shape index (κ3) is 4.56. The highest BCUT2D eigenvalue weighted by molar-refractivity contribution is 5.95. The van der Waals surface area contributed by atoms with Crippen molar-refractivity contribution in [2.75, 3.05) is 18.4 Å². The second-order valence-electron chi connectivity index (χ2n) is 6.31. The van der Waals surface area contributed by atoms with Crippen molar-refractivity contribution < 1.29 is 14.3 Å². The Morgan fingerprint density at radius 2 is 1.85 bits per heavy atom. The van der Waals surface area contributed by atoms with Crippen molar-refractivity contribution >= 4 is 17.5 Å². The molecule has 7 nitrogen and oxygen atoms in total. The number of ether oxygens (including phenoxy) is 1. The summed E-state index contributed by atoms with van der Waals surface area (Å²) in [5.74, 6) is 1.12. The highest BCUT2D eigenvalue weighted by Crippen LogP contribution is 2.19. The van der Waals surface area contributed by atoms with Gasteiger partial charge in [0.05, 0.1) is 0 Å². The fraction of sp³-hybridized carbons (Fsp3) is 0.368. The molecule has 2 heterocycles. The van der Waals surface area contributed by atoms with Crippen LogP contribution in [0, 0.1) is 6.92 Å². The standard InChI is InChI=1S/C19H22N4O3/c1-13-20-10-7-18(21-13)26-17-8-11-23(12-9-17)19(25)15-3-5-16(6-4-15)22-14(2)24/h3-7,10,17H,8-9,11-12H2,1-2H3,(H,22,24). The molecule has 1 aliphatic heterocycles. The number of nitrogens with one attached hydrogen (secondary N) is 1. The highest BCUT2D eigenvalue weighted by atomic mass is 16.5. The van der Waals surface area contributed by atoms with E-state index in [0.717, 1.165) is 12.8 Å². The van der Waals surface area contributed by atoms with Gasteiger partial charge in [-0.15, -0.1) is 0 Å². The zero-order valence-electron chi connectivity index (χ0n) is 14.9. The lowest BCUT2D eigenvalue weighted by atomic mass is 10.1. The van der Waals surface area contributed by atoms with E-state index in [9.17, 15) is 9.59 Å². The Kier molecular flexibility index (Phi) is 5.46. The van der Waals surface area contributed by atoms with Crippen LogP contribution >= 0.6 is 0 Å². The second-order valence-corrected chi connectivity index (χ2v) is 6.31. The van der Waals surface area contributed by atoms with Crippen LogP contribution in [0.25, 0.3) is 0 Å². The smallest absolute Gasteiger partial charge is 0.253 e. The highest BCUT2D eigenvalue weighted by Gasteiger charge is 2.25. The van der Waals surface area contributed by atoms with Gasteiger partial charge in [-0.25, -0.2) is 4.98 Å². The molecule has 0 bridgehead atoms. The van der Waals surface area contributed by atoms with Gasteiger partial charge in [0.15, 0.2) is 0 Å². The summed E-state index contributed by atoms with van der Waals surface area (Å²) in [6.07, 6.45) is 3.26. The predicted octanol–water partition coefficient (Wildman–Crippen LogP) is 2.43. The number of anilines is 1. The number of hydrogen-bond acceptors (Lipinski definition) is 5. The quantitative estimate of drug-likeness (QED) is 0.911. The van der Waals surface area contributed by atoms with E-state index in [2.05, 4.69) is 15.3 Å². The molecule has 0 saturated carbocycles. The van der Waals surface area contributed by atoms with E-state index >= 15 is 0 Å². The van der Waals surface area contributed by atoms with E-state index in [-0.39, 0.29) is 17.9 Å². The minimum Gasteiger partial charge on any atom is -0.474 e. The van der Waals surface area contributed by atoms with Crippen LogP contribution in [0.15, 0.2) is 36.5 Å². The summed E-state index contributed by atoms with van der Waals surface area (Å²) < 4.78 is 5.89. The number of amides is 2. The Bertz CT molecular complexity index is 784. The van der Waals surface area contributed by atoms with Crippen molar-refractivity contribution in [1.82, 2.24) is 14.9 Å². The molecule has 1 aromatic heterocycles. The number of benzene rings is 1. The van der Waals surface area contributed by atoms with Gasteiger partial charge in [0, 0.05) is 56.4 Å². The lowest BCUT2D eigenvalue weighted by Crippen LogP contribution is -2.41. The van der Waals surface area contributed by atoms with Crippen LogP contribution in [0.3, 0.4) is 0 Å². The third-order valence-electron chi connectivity index (χ3n) is 4.22. The molecule has 2 amide bonds. The number of aryl methyl sites for hydroxylation is 1. The van der Waals surface area contributed by atoms with E-state index < -0.39 is 0 Å². The normalized spacial score (nSPS) is 14.8. The molecule has 1 N–H and O–H groups in total. The Morgan fingerprint density at radius 1 is 1.15 bits per heavy atom. The van der Waals surface area contributed by atoms with Crippen LogP contribution in [-0.2, 0) is 4.79 Å². The van der Waals surface area contributed by atoms with Crippen molar-refractivity contribution in [3.05, 3.63) is 47.9 Å². The van der Waals surface area contributed by atoms with Gasteiger partial charge in [0.25, 0.3) is 5.91 Å². The van der Waals surface area contributed by atoms with E-state index in [1.165, 1.54) is 6.92 Å². The summed E-state index contributed by atoms with van der Waals surface area (Å²) in [5.41, 5.74) is 1.30. The topological polar surface area (TPSA) is 84.4 Å². The van der Waals surface area contributed by atoms with Crippen LogP contribution in [0.1, 0.15) is 35.9 Å². The molecule has 1 aromatic carbocycles. The summed E-state index contributed by atoms with van der Waals surface area (Å²) in [5, 5.41) is 2.69. The number of nitrogens with zero attached hydrogens (tertiary/aromatic N) is 3. The maximum absolute atomic E-state index is 12.6. The first-order valence-electron chi connectivity index (χ1n) is 8.64. The Balaban J connectivity index is 1.54. The number of aromatic nitrogens is 2. The molecular formula is C19H22N4O3. The molecule has 136 valence electrons. The number of piperidine rings is 1. The average molecular weight is 354 g/mol. The summed E-state index contributed by atoms with van der Waals surface area (Å²) >= 11 is 0. The molecule has 1 fully saturated rings. The average Bonchev–Trinajstić information content (AvgIpc) is 2.62. The molecule has 0 spiro atoms. The van der Waals surface area contributed by atoms with E-state index in [4.69, 9.17) is 4.74 Å². The maximum Gasteiger partial charge on any atom is 0.253 e. The van der Waals surface area contributed by atoms with Crippen molar-refractivity contribution in [2.24, 2.45) is 0 Å². The summed E-state index contributed by atoms with van der Waals surface area (Å²) in [7, 11) is 0. The SMILES string of the molecule is CC(=O)Nc1ccc(C(=O)N2CCC(Oc3ccnc(C)n3)CC2)cc1. The Hall–Kier alpha value is -2.96. The summed E-state index contributed by atoms with van der Waals surface area (Å²) in [4.78, 5) is 33.8. The fourth-order valence-electron chi connectivity index (χ4n) is 2.93. The van der Waals surface area contributed by atoms with Gasteiger partial charge in [-0.05, 0) is 31.2 Å². The molecule has 0 unspecified atom stereocenters. The first-order chi connectivity index (χ1) is 12.5. The molecule has 2 aromatic rings. The lowest BCUT2D eigenvalue weighted by molar-refractivity contribution is -0.114. The molecule has 0 radical (unpaired) electrons. The van der Waals surface area contributed by atoms with Crippen molar-refractivity contribution in [3.8, 4) is 5.88 Å². The molecule has 1 aliphatic rings. The lowest BCUT2D eigenvalue weighted by Gasteiger charge is -2.32. The van der Waals surface area contributed by atoms with Crippen LogP contribution in [0.5, 0.6) is 5.88 Å². The van der Waals surface area contributed by atoms with Gasteiger partial charge in [-0.1, -0.05) is 0 Å². The van der Waals surface area contributed by atoms with Gasteiger partial charge >= 0.3 is 0 Å². The third-order valence-corrected chi connectivity index (χ3v) is 4.22. The van der Waals surface area contributed by atoms with E-state index in [0.29, 0.717) is 36.0 Å². The van der Waals surface area contributed by atoms with Gasteiger partial charge in [0.2, 0.25) is 11.8 Å². The van der Waals surface area contributed by atoms with Crippen molar-refractivity contribution in [3.63, 3.8) is 0 Å². The largest absolute Gasteiger partial charge is 0.474 e. The minimum absolute atomic E-state index is 0.00398. The summed E-state index contributed by atoms with van der Waals surface area (Å²) in [6, 6.07) is 8.70. The van der Waals surface area contributed by atoms with Gasteiger partial charge in [-0.2, -0.15) is 4.98 Å². The molecule has 26 heavy (non-hydrogen) atoms. The molecule has 0 atom stereocenters. The first-order valence-corrected chi connectivity index (χ1v) is 8.64. The Morgan fingerprint density at radius 3 is 2.46 bits per heavy atom. The van der Waals surface area contributed by atoms with Crippen LogP contribution in [0.4, 0.5) is 5.69 Å². The number of likely N-dealkylation sites (tertiary alicyclic amines) is 1. The first kappa shape index (κ1) is 17.8. The Labute approximate surface area is 152 Å². The number of carbonyl (C=O) groups excluding carboxylic acids is 2. The minimum atomic E-state index is -0.134. The second kappa shape index (κ2) is 7.95. The van der Waals surface area contributed by atoms with Crippen LogP contribution in [-0.4, -0.2) is 45.9 Å². The zero-order chi connectivity index (χ0) is 18.5. The molecule has 7 heteroatoms. The molecular weight excluding hydrogens is 332 g/mol. The zero-order valence-corrected chi connectivity index (χ0v) is 14.9. The number of carbonyl (C=O) groups is 2. The number of rotatable bonds is 4. The van der Waals surface area contributed by atoms with Gasteiger partial charge in [0.1, 0.15) is 11.9 Å². The van der Waals surface area contributed by atoms with Crippen LogP contribution in [0.2, 0.25) is 0 Å². The number of hydrogen-bond donors (Lipinski definition) is 1. The van der Waals surface area contributed by atoms with Gasteiger partial charge in [-0.3, -0.25) is 9.59 Å². The van der Waals surface area contributed by atoms with Crippen molar-refractivity contribution in [2.45, 2.75) is 32.8 Å². The monoisotopic (exact) mass is 354 g/mol.